The van der Waals surface area contributed by atoms with E-state index in [0.717, 1.165) is 35.2 Å². The molecule has 0 unspecified atom stereocenters. The Labute approximate surface area is 208 Å². The van der Waals surface area contributed by atoms with Crippen LogP contribution < -0.4 is 5.32 Å². The molecule has 2 aliphatic rings. The molecule has 3 heterocycles. The lowest BCUT2D eigenvalue weighted by Crippen LogP contribution is -2.12. The smallest absolute Gasteiger partial charge is 0.306 e. The van der Waals surface area contributed by atoms with Crippen molar-refractivity contribution in [2.75, 3.05) is 11.9 Å². The van der Waals surface area contributed by atoms with Gasteiger partial charge < -0.3 is 15.0 Å². The minimum atomic E-state index is -0.310. The van der Waals surface area contributed by atoms with Crippen molar-refractivity contribution in [2.24, 2.45) is 4.99 Å². The van der Waals surface area contributed by atoms with Gasteiger partial charge in [-0.3, -0.25) is 24.4 Å². The number of ketones is 1. The van der Waals surface area contributed by atoms with Crippen molar-refractivity contribution in [1.82, 2.24) is 9.97 Å². The van der Waals surface area contributed by atoms with E-state index in [9.17, 15) is 14.4 Å². The van der Waals surface area contributed by atoms with Gasteiger partial charge in [0, 0.05) is 59.7 Å². The molecule has 1 aliphatic heterocycles. The number of hydrogen-bond donors (Lipinski definition) is 2. The molecule has 0 atom stereocenters. The predicted molar refractivity (Wildman–Crippen MR) is 137 cm³/mol. The van der Waals surface area contributed by atoms with E-state index < -0.39 is 0 Å². The molecule has 5 rings (SSSR count). The second-order valence-electron chi connectivity index (χ2n) is 8.73. The van der Waals surface area contributed by atoms with Gasteiger partial charge in [-0.05, 0) is 73.7 Å². The molecule has 0 saturated carbocycles. The minimum Gasteiger partial charge on any atom is -0.466 e. The Morgan fingerprint density at radius 3 is 2.81 bits per heavy atom. The third-order valence-electron chi connectivity index (χ3n) is 6.35. The molecule has 0 saturated heterocycles. The molecule has 1 amide bonds. The van der Waals surface area contributed by atoms with E-state index in [0.29, 0.717) is 47.7 Å². The van der Waals surface area contributed by atoms with Gasteiger partial charge in [-0.2, -0.15) is 0 Å². The van der Waals surface area contributed by atoms with Crippen LogP contribution in [0.3, 0.4) is 0 Å². The van der Waals surface area contributed by atoms with Crippen LogP contribution in [0.2, 0.25) is 0 Å². The molecule has 8 nitrogen and oxygen atoms in total. The van der Waals surface area contributed by atoms with Crippen LogP contribution in [0.4, 0.5) is 11.4 Å². The molecule has 182 valence electrons. The topological polar surface area (TPSA) is 114 Å². The maximum atomic E-state index is 12.9. The Morgan fingerprint density at radius 1 is 1.17 bits per heavy atom. The molecule has 0 fully saturated rings. The predicted octanol–water partition coefficient (Wildman–Crippen LogP) is 4.67. The number of Topliss-reactive ketones (excluding diaryl/α,β-unsaturated/α-hetero) is 1. The van der Waals surface area contributed by atoms with Gasteiger partial charge in [0.1, 0.15) is 0 Å². The SMILES string of the molecule is CCOC(=O)CCc1c(C=C2C(=O)Nc3ccc(N=Cc4ccncc4)cc32)[nH]c2c1C(=O)CCC2. The van der Waals surface area contributed by atoms with E-state index in [-0.39, 0.29) is 24.1 Å². The molecule has 1 aromatic carbocycles. The zero-order valence-corrected chi connectivity index (χ0v) is 20.0. The number of nitrogens with one attached hydrogen (secondary N) is 2. The van der Waals surface area contributed by atoms with E-state index in [4.69, 9.17) is 4.74 Å². The normalized spacial score (nSPS) is 15.8. The van der Waals surface area contributed by atoms with Crippen molar-refractivity contribution in [3.8, 4) is 0 Å². The van der Waals surface area contributed by atoms with Gasteiger partial charge in [-0.25, -0.2) is 0 Å². The number of ether oxygens (including phenoxy) is 1. The number of rotatable bonds is 7. The van der Waals surface area contributed by atoms with Crippen LogP contribution in [0, 0.1) is 0 Å². The fourth-order valence-corrected chi connectivity index (χ4v) is 4.68. The first-order chi connectivity index (χ1) is 17.5. The molecule has 1 aliphatic carbocycles. The van der Waals surface area contributed by atoms with Crippen molar-refractivity contribution in [3.63, 3.8) is 0 Å². The number of anilines is 1. The van der Waals surface area contributed by atoms with Crippen LogP contribution in [-0.2, 0) is 27.2 Å². The summed E-state index contributed by atoms with van der Waals surface area (Å²) < 4.78 is 5.09. The summed E-state index contributed by atoms with van der Waals surface area (Å²) in [4.78, 5) is 49.6. The first-order valence-electron chi connectivity index (χ1n) is 12.1. The van der Waals surface area contributed by atoms with Crippen molar-refractivity contribution in [2.45, 2.75) is 39.0 Å². The van der Waals surface area contributed by atoms with Crippen LogP contribution in [0.15, 0.2) is 47.7 Å². The largest absolute Gasteiger partial charge is 0.466 e. The number of H-pyrrole nitrogens is 1. The van der Waals surface area contributed by atoms with Gasteiger partial charge in [0.25, 0.3) is 5.91 Å². The third-order valence-corrected chi connectivity index (χ3v) is 6.35. The van der Waals surface area contributed by atoms with Gasteiger partial charge in [-0.15, -0.1) is 0 Å². The standard InChI is InChI=1S/C28H26N4O4/c1-2-36-26(34)9-7-19-24(31-23-4-3-5-25(33)27(19)23)15-21-20-14-18(6-8-22(20)32-28(21)35)30-16-17-10-12-29-13-11-17/h6,8,10-16,31H,2-5,7,9H2,1H3,(H,32,35). The Hall–Kier alpha value is -4.33. The number of aromatic amines is 1. The summed E-state index contributed by atoms with van der Waals surface area (Å²) in [5, 5.41) is 2.90. The molecule has 3 aromatic rings. The van der Waals surface area contributed by atoms with Gasteiger partial charge >= 0.3 is 5.97 Å². The lowest BCUT2D eigenvalue weighted by Gasteiger charge is -2.11. The number of hydrogen-bond acceptors (Lipinski definition) is 6. The summed E-state index contributed by atoms with van der Waals surface area (Å²) in [6.45, 7) is 2.07. The summed E-state index contributed by atoms with van der Waals surface area (Å²) >= 11 is 0. The maximum Gasteiger partial charge on any atom is 0.306 e. The zero-order valence-electron chi connectivity index (χ0n) is 20.0. The fraction of sp³-hybridized carbons (Fsp3) is 0.250. The fourth-order valence-electron chi connectivity index (χ4n) is 4.68. The first kappa shape index (κ1) is 23.4. The Morgan fingerprint density at radius 2 is 2.00 bits per heavy atom. The molecule has 0 spiro atoms. The van der Waals surface area contributed by atoms with E-state index in [1.807, 2.05) is 30.3 Å². The van der Waals surface area contributed by atoms with Crippen LogP contribution >= 0.6 is 0 Å². The summed E-state index contributed by atoms with van der Waals surface area (Å²) in [6, 6.07) is 9.26. The van der Waals surface area contributed by atoms with Crippen LogP contribution in [0.25, 0.3) is 11.6 Å². The van der Waals surface area contributed by atoms with Gasteiger partial charge in [0.2, 0.25) is 0 Å². The monoisotopic (exact) mass is 482 g/mol. The van der Waals surface area contributed by atoms with E-state index in [1.165, 1.54) is 0 Å². The van der Waals surface area contributed by atoms with Gasteiger partial charge in [-0.1, -0.05) is 0 Å². The van der Waals surface area contributed by atoms with Crippen LogP contribution in [0.1, 0.15) is 64.6 Å². The number of amides is 1. The molecular formula is C28H26N4O4. The van der Waals surface area contributed by atoms with Crippen molar-refractivity contribution in [3.05, 3.63) is 76.4 Å². The zero-order chi connectivity index (χ0) is 25.1. The van der Waals surface area contributed by atoms with E-state index in [2.05, 4.69) is 20.3 Å². The van der Waals surface area contributed by atoms with Crippen molar-refractivity contribution >= 4 is 46.9 Å². The Balaban J connectivity index is 1.51. The Bertz CT molecular complexity index is 1400. The third kappa shape index (κ3) is 4.75. The summed E-state index contributed by atoms with van der Waals surface area (Å²) in [7, 11) is 0. The number of nitrogens with zero attached hydrogens (tertiary/aromatic N) is 2. The average molecular weight is 483 g/mol. The molecule has 36 heavy (non-hydrogen) atoms. The highest BCUT2D eigenvalue weighted by Crippen LogP contribution is 2.37. The second-order valence-corrected chi connectivity index (χ2v) is 8.73. The molecular weight excluding hydrogens is 456 g/mol. The van der Waals surface area contributed by atoms with Gasteiger partial charge in [0.05, 0.1) is 17.9 Å². The summed E-state index contributed by atoms with van der Waals surface area (Å²) in [5.74, 6) is -0.467. The van der Waals surface area contributed by atoms with Crippen LogP contribution in [-0.4, -0.2) is 40.4 Å². The first-order valence-corrected chi connectivity index (χ1v) is 12.1. The molecule has 0 bridgehead atoms. The number of fused-ring (bicyclic) bond motifs is 2. The average Bonchev–Trinajstić information content (AvgIpc) is 3.39. The number of benzene rings is 1. The number of carbonyl (C=O) groups excluding carboxylic acids is 3. The number of aromatic nitrogens is 2. The summed E-state index contributed by atoms with van der Waals surface area (Å²) in [5.41, 5.74) is 6.52. The molecule has 8 heteroatoms. The quantitative estimate of drug-likeness (QED) is 0.289. The number of aliphatic imine (C=N–C) groups is 1. The maximum absolute atomic E-state index is 12.9. The van der Waals surface area contributed by atoms with Gasteiger partial charge in [0.15, 0.2) is 5.78 Å². The molecule has 0 radical (unpaired) electrons. The Kier molecular flexibility index (Phi) is 6.58. The summed E-state index contributed by atoms with van der Waals surface area (Å²) in [6.07, 6.45) is 9.48. The number of pyridine rings is 1. The van der Waals surface area contributed by atoms with Crippen molar-refractivity contribution < 1.29 is 19.1 Å². The highest BCUT2D eigenvalue weighted by atomic mass is 16.5. The highest BCUT2D eigenvalue weighted by Gasteiger charge is 2.29. The lowest BCUT2D eigenvalue weighted by atomic mass is 9.91. The lowest BCUT2D eigenvalue weighted by molar-refractivity contribution is -0.143. The number of aryl methyl sites for hydroxylation is 1. The number of carbonyl (C=O) groups is 3. The highest BCUT2D eigenvalue weighted by molar-refractivity contribution is 6.35. The molecule has 2 N–H and O–H groups in total. The van der Waals surface area contributed by atoms with E-state index >= 15 is 0 Å². The number of esters is 1. The van der Waals surface area contributed by atoms with Crippen molar-refractivity contribution in [1.29, 1.82) is 0 Å². The molecule has 2 aromatic heterocycles. The second kappa shape index (κ2) is 10.1. The van der Waals surface area contributed by atoms with E-state index in [1.54, 1.807) is 31.6 Å². The minimum absolute atomic E-state index is 0.0695. The van der Waals surface area contributed by atoms with Crippen LogP contribution in [0.5, 0.6) is 0 Å².